The number of carbonyl (C=O) groups excluding carboxylic acids is 2. The molecule has 2 aromatic rings. The fourth-order valence-corrected chi connectivity index (χ4v) is 3.48. The number of nitrogens with one attached hydrogen (secondary N) is 1. The van der Waals surface area contributed by atoms with Crippen molar-refractivity contribution in [2.75, 3.05) is 18.9 Å². The maximum absolute atomic E-state index is 13.8. The topological polar surface area (TPSA) is 62.3 Å². The second-order valence-corrected chi connectivity index (χ2v) is 6.71. The predicted molar refractivity (Wildman–Crippen MR) is 93.1 cm³/mol. The summed E-state index contributed by atoms with van der Waals surface area (Å²) in [5.41, 5.74) is 0.231. The van der Waals surface area contributed by atoms with Gasteiger partial charge in [0.05, 0.1) is 5.69 Å². The molecule has 0 radical (unpaired) electrons. The first kappa shape index (κ1) is 18.5. The Bertz CT molecular complexity index is 874. The van der Waals surface area contributed by atoms with Crippen LogP contribution >= 0.6 is 23.2 Å². The van der Waals surface area contributed by atoms with Crippen LogP contribution in [0.2, 0.25) is 10.3 Å². The number of carbonyl (C=O) groups is 2. The molecular weight excluding hydrogens is 387 g/mol. The van der Waals surface area contributed by atoms with E-state index in [1.807, 2.05) is 0 Å². The number of rotatable bonds is 3. The fourth-order valence-electron chi connectivity index (χ4n) is 3.00. The largest absolute Gasteiger partial charge is 0.344 e. The molecule has 26 heavy (non-hydrogen) atoms. The van der Waals surface area contributed by atoms with Gasteiger partial charge in [0.15, 0.2) is 11.6 Å². The number of aromatic nitrogens is 1. The molecule has 5 nitrogen and oxygen atoms in total. The number of likely N-dealkylation sites (tertiary alicyclic amines) is 1. The number of nitrogens with zero attached hydrogens (tertiary/aromatic N) is 2. The minimum absolute atomic E-state index is 0.129. The van der Waals surface area contributed by atoms with Gasteiger partial charge in [0, 0.05) is 19.5 Å². The highest BCUT2D eigenvalue weighted by Crippen LogP contribution is 2.35. The van der Waals surface area contributed by atoms with Gasteiger partial charge < -0.3 is 10.2 Å². The zero-order valence-electron chi connectivity index (χ0n) is 13.5. The summed E-state index contributed by atoms with van der Waals surface area (Å²) in [6, 6.07) is 6.45. The summed E-state index contributed by atoms with van der Waals surface area (Å²) in [4.78, 5) is 30.3. The van der Waals surface area contributed by atoms with Crippen LogP contribution in [0, 0.1) is 17.6 Å². The van der Waals surface area contributed by atoms with Gasteiger partial charge in [-0.05, 0) is 29.8 Å². The molecule has 1 aliphatic heterocycles. The van der Waals surface area contributed by atoms with Gasteiger partial charge in [0.2, 0.25) is 11.8 Å². The number of likely N-dealkylation sites (N-methyl/N-ethyl adjacent to an activating group) is 1. The number of benzene rings is 1. The highest BCUT2D eigenvalue weighted by molar-refractivity contribution is 6.32. The van der Waals surface area contributed by atoms with E-state index < -0.39 is 35.3 Å². The summed E-state index contributed by atoms with van der Waals surface area (Å²) in [5.74, 6) is -5.14. The van der Waals surface area contributed by atoms with Crippen LogP contribution in [-0.4, -0.2) is 35.3 Å². The number of pyridine rings is 1. The van der Waals surface area contributed by atoms with Crippen LogP contribution in [0.25, 0.3) is 0 Å². The number of hydrogen-bond acceptors (Lipinski definition) is 3. The van der Waals surface area contributed by atoms with E-state index in [0.29, 0.717) is 5.56 Å². The Morgan fingerprint density at radius 2 is 1.92 bits per heavy atom. The van der Waals surface area contributed by atoms with E-state index in [4.69, 9.17) is 23.2 Å². The summed E-state index contributed by atoms with van der Waals surface area (Å²) in [6.07, 6.45) is 0. The Morgan fingerprint density at radius 1 is 1.27 bits per heavy atom. The maximum atomic E-state index is 13.8. The standard InChI is InChI=1S/C17H13Cl2F2N3O2/c1-24-7-9(8-5-12(18)23-13(19)6-8)14(17(24)26)16(25)22-11-4-2-3-10(20)15(11)21/h2-6,9,14H,7H2,1H3,(H,22,25)/t9-,14+/m1/s1. The number of amides is 2. The summed E-state index contributed by atoms with van der Waals surface area (Å²) < 4.78 is 27.2. The lowest BCUT2D eigenvalue weighted by atomic mass is 9.88. The second kappa shape index (κ2) is 7.17. The lowest BCUT2D eigenvalue weighted by Crippen LogP contribution is -2.33. The molecule has 1 aliphatic rings. The Morgan fingerprint density at radius 3 is 2.58 bits per heavy atom. The lowest BCUT2D eigenvalue weighted by molar-refractivity contribution is -0.135. The Balaban J connectivity index is 1.93. The monoisotopic (exact) mass is 399 g/mol. The molecule has 1 N–H and O–H groups in total. The van der Waals surface area contributed by atoms with Gasteiger partial charge in [-0.15, -0.1) is 0 Å². The van der Waals surface area contributed by atoms with E-state index in [0.717, 1.165) is 6.07 Å². The summed E-state index contributed by atoms with van der Waals surface area (Å²) in [7, 11) is 1.55. The van der Waals surface area contributed by atoms with Crippen molar-refractivity contribution in [2.24, 2.45) is 5.92 Å². The van der Waals surface area contributed by atoms with Crippen LogP contribution in [0.4, 0.5) is 14.5 Å². The quantitative estimate of drug-likeness (QED) is 0.634. The van der Waals surface area contributed by atoms with Gasteiger partial charge in [-0.3, -0.25) is 9.59 Å². The average Bonchev–Trinajstić information content (AvgIpc) is 2.86. The molecule has 136 valence electrons. The molecule has 0 aliphatic carbocycles. The molecule has 2 amide bonds. The molecule has 1 aromatic heterocycles. The molecule has 3 rings (SSSR count). The van der Waals surface area contributed by atoms with Gasteiger partial charge in [-0.2, -0.15) is 0 Å². The molecular formula is C17H13Cl2F2N3O2. The van der Waals surface area contributed by atoms with Crippen LogP contribution in [-0.2, 0) is 9.59 Å². The van der Waals surface area contributed by atoms with E-state index in [9.17, 15) is 18.4 Å². The highest BCUT2D eigenvalue weighted by Gasteiger charge is 2.44. The first-order valence-corrected chi connectivity index (χ1v) is 8.36. The maximum Gasteiger partial charge on any atom is 0.237 e. The normalized spacial score (nSPS) is 19.7. The van der Waals surface area contributed by atoms with Gasteiger partial charge in [0.1, 0.15) is 16.2 Å². The van der Waals surface area contributed by atoms with Crippen LogP contribution in [0.3, 0.4) is 0 Å². The fraction of sp³-hybridized carbons (Fsp3) is 0.235. The average molecular weight is 400 g/mol. The zero-order valence-corrected chi connectivity index (χ0v) is 15.0. The van der Waals surface area contributed by atoms with Gasteiger partial charge in [-0.1, -0.05) is 29.3 Å². The molecule has 1 fully saturated rings. The Hall–Kier alpha value is -2.25. The third-order valence-electron chi connectivity index (χ3n) is 4.22. The molecule has 9 heteroatoms. The minimum Gasteiger partial charge on any atom is -0.344 e. The van der Waals surface area contributed by atoms with Crippen LogP contribution in [0.15, 0.2) is 30.3 Å². The molecule has 2 atom stereocenters. The van der Waals surface area contributed by atoms with Crippen molar-refractivity contribution in [3.63, 3.8) is 0 Å². The molecule has 0 bridgehead atoms. The Kier molecular flexibility index (Phi) is 5.11. The van der Waals surface area contributed by atoms with Crippen LogP contribution in [0.1, 0.15) is 11.5 Å². The van der Waals surface area contributed by atoms with E-state index in [1.54, 1.807) is 7.05 Å². The second-order valence-electron chi connectivity index (χ2n) is 5.94. The lowest BCUT2D eigenvalue weighted by Gasteiger charge is -2.17. The smallest absolute Gasteiger partial charge is 0.237 e. The van der Waals surface area contributed by atoms with Crippen molar-refractivity contribution in [2.45, 2.75) is 5.92 Å². The minimum atomic E-state index is -1.19. The van der Waals surface area contributed by atoms with Crippen molar-refractivity contribution in [1.29, 1.82) is 0 Å². The molecule has 1 saturated heterocycles. The number of halogens is 4. The first-order chi connectivity index (χ1) is 12.3. The van der Waals surface area contributed by atoms with Crippen molar-refractivity contribution < 1.29 is 18.4 Å². The number of anilines is 1. The predicted octanol–water partition coefficient (Wildman–Crippen LogP) is 3.48. The van der Waals surface area contributed by atoms with Gasteiger partial charge >= 0.3 is 0 Å². The SMILES string of the molecule is CN1C[C@H](c2cc(Cl)nc(Cl)c2)[C@@H](C(=O)Nc2cccc(F)c2F)C1=O. The summed E-state index contributed by atoms with van der Waals surface area (Å²) in [5, 5.41) is 2.55. The van der Waals surface area contributed by atoms with Gasteiger partial charge in [0.25, 0.3) is 0 Å². The van der Waals surface area contributed by atoms with E-state index >= 15 is 0 Å². The third kappa shape index (κ3) is 3.50. The Labute approximate surface area is 157 Å². The zero-order chi connectivity index (χ0) is 19.0. The van der Waals surface area contributed by atoms with Crippen LogP contribution in [0.5, 0.6) is 0 Å². The van der Waals surface area contributed by atoms with Gasteiger partial charge in [-0.25, -0.2) is 13.8 Å². The molecule has 0 unspecified atom stereocenters. The van der Waals surface area contributed by atoms with E-state index in [2.05, 4.69) is 10.3 Å². The molecule has 0 spiro atoms. The van der Waals surface area contributed by atoms with E-state index in [-0.39, 0.29) is 22.5 Å². The first-order valence-electron chi connectivity index (χ1n) is 7.60. The van der Waals surface area contributed by atoms with Crippen molar-refractivity contribution >= 4 is 40.7 Å². The summed E-state index contributed by atoms with van der Waals surface area (Å²) >= 11 is 11.8. The van der Waals surface area contributed by atoms with Crippen LogP contribution < -0.4 is 5.32 Å². The number of hydrogen-bond donors (Lipinski definition) is 1. The van der Waals surface area contributed by atoms with E-state index in [1.165, 1.54) is 29.2 Å². The molecule has 0 saturated carbocycles. The summed E-state index contributed by atoms with van der Waals surface area (Å²) in [6.45, 7) is 0.249. The highest BCUT2D eigenvalue weighted by atomic mass is 35.5. The van der Waals surface area contributed by atoms with Crippen molar-refractivity contribution in [1.82, 2.24) is 9.88 Å². The molecule has 2 heterocycles. The van der Waals surface area contributed by atoms with Crippen molar-refractivity contribution in [3.05, 3.63) is 57.8 Å². The molecule has 1 aromatic carbocycles. The third-order valence-corrected chi connectivity index (χ3v) is 4.61. The van der Waals surface area contributed by atoms with Crippen molar-refractivity contribution in [3.8, 4) is 0 Å².